The minimum absolute atomic E-state index is 0.0230. The molecule has 0 spiro atoms. The fourth-order valence-corrected chi connectivity index (χ4v) is 3.34. The molecule has 1 atom stereocenters. The summed E-state index contributed by atoms with van der Waals surface area (Å²) in [5, 5.41) is 4.73. The van der Waals surface area contributed by atoms with E-state index >= 15 is 0 Å². The van der Waals surface area contributed by atoms with Gasteiger partial charge in [-0.15, -0.1) is 11.3 Å². The fraction of sp³-hybridized carbons (Fsp3) is 0.769. The van der Waals surface area contributed by atoms with Crippen molar-refractivity contribution in [3.05, 3.63) is 16.1 Å². The molecule has 1 aliphatic rings. The second kappa shape index (κ2) is 4.34. The van der Waals surface area contributed by atoms with Crippen LogP contribution >= 0.6 is 11.3 Å². The molecule has 3 nitrogen and oxygen atoms in total. The van der Waals surface area contributed by atoms with Gasteiger partial charge in [-0.2, -0.15) is 0 Å². The van der Waals surface area contributed by atoms with Gasteiger partial charge in [0.15, 0.2) is 0 Å². The third-order valence-corrected chi connectivity index (χ3v) is 4.18. The third-order valence-electron chi connectivity index (χ3n) is 3.27. The summed E-state index contributed by atoms with van der Waals surface area (Å²) in [4.78, 5) is 5.57. The molecule has 2 rings (SSSR count). The first-order chi connectivity index (χ1) is 7.78. The van der Waals surface area contributed by atoms with Crippen LogP contribution in [0, 0.1) is 6.92 Å². The maximum Gasteiger partial charge on any atom is 0.0897 e. The molecular formula is C13H22N2OS. The van der Waals surface area contributed by atoms with E-state index in [4.69, 9.17) is 4.74 Å². The molecule has 1 aromatic rings. The van der Waals surface area contributed by atoms with Gasteiger partial charge in [-0.1, -0.05) is 0 Å². The summed E-state index contributed by atoms with van der Waals surface area (Å²) in [5.41, 5.74) is -0.117. The van der Waals surface area contributed by atoms with Gasteiger partial charge in [-0.3, -0.25) is 0 Å². The number of thiazole rings is 1. The van der Waals surface area contributed by atoms with Crippen LogP contribution in [0.5, 0.6) is 0 Å². The standard InChI is InChI=1S/C13H22N2OS/c1-9-14-7-10(17-9)8-15-11-6-12(2,3)16-13(11,4)5/h7,11,15H,6,8H2,1-5H3. The zero-order valence-corrected chi connectivity index (χ0v) is 12.1. The predicted molar refractivity (Wildman–Crippen MR) is 71.3 cm³/mol. The fourth-order valence-electron chi connectivity index (χ4n) is 2.59. The van der Waals surface area contributed by atoms with Crippen molar-refractivity contribution in [3.8, 4) is 0 Å². The molecule has 0 saturated carbocycles. The van der Waals surface area contributed by atoms with E-state index in [1.165, 1.54) is 4.88 Å². The van der Waals surface area contributed by atoms with Crippen molar-refractivity contribution >= 4 is 11.3 Å². The van der Waals surface area contributed by atoms with Crippen molar-refractivity contribution in [1.82, 2.24) is 10.3 Å². The Morgan fingerprint density at radius 1 is 1.47 bits per heavy atom. The highest BCUT2D eigenvalue weighted by Crippen LogP contribution is 2.37. The molecule has 1 saturated heterocycles. The smallest absolute Gasteiger partial charge is 0.0897 e. The number of hydrogen-bond donors (Lipinski definition) is 1. The number of aromatic nitrogens is 1. The first-order valence-electron chi connectivity index (χ1n) is 6.13. The van der Waals surface area contributed by atoms with E-state index in [-0.39, 0.29) is 11.2 Å². The Bertz CT molecular complexity index is 398. The van der Waals surface area contributed by atoms with Crippen LogP contribution < -0.4 is 5.32 Å². The predicted octanol–water partition coefficient (Wildman–Crippen LogP) is 2.89. The van der Waals surface area contributed by atoms with Crippen molar-refractivity contribution < 1.29 is 4.74 Å². The van der Waals surface area contributed by atoms with Crippen LogP contribution in [-0.2, 0) is 11.3 Å². The van der Waals surface area contributed by atoms with Gasteiger partial charge in [0.2, 0.25) is 0 Å². The maximum atomic E-state index is 6.07. The Morgan fingerprint density at radius 2 is 2.18 bits per heavy atom. The summed E-state index contributed by atoms with van der Waals surface area (Å²) in [7, 11) is 0. The molecule has 1 aromatic heterocycles. The Labute approximate surface area is 108 Å². The summed E-state index contributed by atoms with van der Waals surface area (Å²) in [6, 6.07) is 0.403. The van der Waals surface area contributed by atoms with Crippen LogP contribution in [0.25, 0.3) is 0 Å². The molecule has 1 fully saturated rings. The molecule has 0 bridgehead atoms. The molecule has 4 heteroatoms. The van der Waals surface area contributed by atoms with Crippen molar-refractivity contribution in [3.63, 3.8) is 0 Å². The summed E-state index contributed by atoms with van der Waals surface area (Å²) in [5.74, 6) is 0. The van der Waals surface area contributed by atoms with Crippen molar-refractivity contribution in [2.24, 2.45) is 0 Å². The topological polar surface area (TPSA) is 34.2 Å². The van der Waals surface area contributed by atoms with Gasteiger partial charge >= 0.3 is 0 Å². The van der Waals surface area contributed by atoms with E-state index < -0.39 is 0 Å². The highest BCUT2D eigenvalue weighted by atomic mass is 32.1. The van der Waals surface area contributed by atoms with Crippen molar-refractivity contribution in [1.29, 1.82) is 0 Å². The van der Waals surface area contributed by atoms with Crippen LogP contribution in [0.2, 0.25) is 0 Å². The van der Waals surface area contributed by atoms with Crippen LogP contribution in [0.1, 0.15) is 44.0 Å². The van der Waals surface area contributed by atoms with Crippen LogP contribution in [-0.4, -0.2) is 22.2 Å². The minimum atomic E-state index is -0.0940. The van der Waals surface area contributed by atoms with Gasteiger partial charge in [0.25, 0.3) is 0 Å². The Hall–Kier alpha value is -0.450. The molecule has 0 aromatic carbocycles. The van der Waals surface area contributed by atoms with Gasteiger partial charge < -0.3 is 10.1 Å². The lowest BCUT2D eigenvalue weighted by atomic mass is 9.94. The first-order valence-corrected chi connectivity index (χ1v) is 6.95. The average Bonchev–Trinajstić information content (AvgIpc) is 2.64. The highest BCUT2D eigenvalue weighted by Gasteiger charge is 2.45. The summed E-state index contributed by atoms with van der Waals surface area (Å²) in [6.45, 7) is 11.6. The van der Waals surface area contributed by atoms with Gasteiger partial charge in [0, 0.05) is 23.7 Å². The number of ether oxygens (including phenoxy) is 1. The molecule has 0 aliphatic carbocycles. The summed E-state index contributed by atoms with van der Waals surface area (Å²) >= 11 is 1.76. The van der Waals surface area contributed by atoms with E-state index in [1.54, 1.807) is 11.3 Å². The molecule has 17 heavy (non-hydrogen) atoms. The SMILES string of the molecule is Cc1ncc(CNC2CC(C)(C)OC2(C)C)s1. The molecule has 2 heterocycles. The molecular weight excluding hydrogens is 232 g/mol. The quantitative estimate of drug-likeness (QED) is 0.900. The van der Waals surface area contributed by atoms with Gasteiger partial charge in [-0.05, 0) is 41.0 Å². The van der Waals surface area contributed by atoms with Crippen molar-refractivity contribution in [2.75, 3.05) is 0 Å². The van der Waals surface area contributed by atoms with Gasteiger partial charge in [-0.25, -0.2) is 4.98 Å². The summed E-state index contributed by atoms with van der Waals surface area (Å²) in [6.07, 6.45) is 3.01. The van der Waals surface area contributed by atoms with Crippen LogP contribution in [0.3, 0.4) is 0 Å². The second-order valence-electron chi connectivity index (χ2n) is 5.95. The minimum Gasteiger partial charge on any atom is -0.368 e. The number of nitrogens with zero attached hydrogens (tertiary/aromatic N) is 1. The number of nitrogens with one attached hydrogen (secondary N) is 1. The normalized spacial score (nSPS) is 26.3. The largest absolute Gasteiger partial charge is 0.368 e. The molecule has 0 radical (unpaired) electrons. The van der Waals surface area contributed by atoms with Crippen LogP contribution in [0.4, 0.5) is 0 Å². The second-order valence-corrected chi connectivity index (χ2v) is 7.27. The molecule has 1 aliphatic heterocycles. The Kier molecular flexibility index (Phi) is 3.31. The van der Waals surface area contributed by atoms with E-state index in [1.807, 2.05) is 13.1 Å². The first kappa shape index (κ1) is 13.0. The number of rotatable bonds is 3. The molecule has 1 N–H and O–H groups in total. The molecule has 0 amide bonds. The van der Waals surface area contributed by atoms with E-state index in [0.717, 1.165) is 18.0 Å². The Balaban J connectivity index is 1.95. The average molecular weight is 254 g/mol. The zero-order chi connectivity index (χ0) is 12.7. The lowest BCUT2D eigenvalue weighted by molar-refractivity contribution is -0.0699. The lowest BCUT2D eigenvalue weighted by Gasteiger charge is -2.27. The van der Waals surface area contributed by atoms with E-state index in [9.17, 15) is 0 Å². The number of hydrogen-bond acceptors (Lipinski definition) is 4. The highest BCUT2D eigenvalue weighted by molar-refractivity contribution is 7.11. The molecule has 96 valence electrons. The van der Waals surface area contributed by atoms with Crippen molar-refractivity contribution in [2.45, 2.75) is 64.8 Å². The van der Waals surface area contributed by atoms with E-state index in [0.29, 0.717) is 6.04 Å². The van der Waals surface area contributed by atoms with E-state index in [2.05, 4.69) is 38.0 Å². The number of aryl methyl sites for hydroxylation is 1. The lowest BCUT2D eigenvalue weighted by Crippen LogP contribution is -2.42. The third kappa shape index (κ3) is 3.06. The maximum absolute atomic E-state index is 6.07. The summed E-state index contributed by atoms with van der Waals surface area (Å²) < 4.78 is 6.07. The molecule has 1 unspecified atom stereocenters. The monoisotopic (exact) mass is 254 g/mol. The van der Waals surface area contributed by atoms with Gasteiger partial charge in [0.05, 0.1) is 16.2 Å². The Morgan fingerprint density at radius 3 is 2.65 bits per heavy atom. The zero-order valence-electron chi connectivity index (χ0n) is 11.3. The van der Waals surface area contributed by atoms with Crippen LogP contribution in [0.15, 0.2) is 6.20 Å². The van der Waals surface area contributed by atoms with Gasteiger partial charge in [0.1, 0.15) is 0 Å².